The van der Waals surface area contributed by atoms with Crippen LogP contribution in [-0.2, 0) is 11.2 Å². The summed E-state index contributed by atoms with van der Waals surface area (Å²) in [5, 5.41) is 9.16. The predicted molar refractivity (Wildman–Crippen MR) is 65.8 cm³/mol. The number of nitrogens with two attached hydrogens (primary N) is 1. The van der Waals surface area contributed by atoms with Crippen LogP contribution in [0.3, 0.4) is 0 Å². The molecule has 1 aliphatic rings. The number of nitrogens with one attached hydrogen (secondary N) is 1. The Morgan fingerprint density at radius 3 is 3.06 bits per heavy atom. The predicted octanol–water partition coefficient (Wildman–Crippen LogP) is 0.551. The molecule has 0 amide bonds. The Bertz CT molecular complexity index is 705. The molecule has 2 aromatic rings. The lowest BCUT2D eigenvalue weighted by Crippen LogP contribution is -2.53. The zero-order chi connectivity index (χ0) is 12.9. The van der Waals surface area contributed by atoms with Crippen molar-refractivity contribution in [1.29, 1.82) is 0 Å². The van der Waals surface area contributed by atoms with E-state index in [1.54, 1.807) is 6.07 Å². The maximum absolute atomic E-state index is 11.2. The Hall–Kier alpha value is -1.73. The van der Waals surface area contributed by atoms with E-state index in [0.717, 1.165) is 4.90 Å². The molecule has 1 aromatic heterocycles. The summed E-state index contributed by atoms with van der Waals surface area (Å²) >= 11 is 1.37. The van der Waals surface area contributed by atoms with Gasteiger partial charge in [0.2, 0.25) is 0 Å². The van der Waals surface area contributed by atoms with Crippen molar-refractivity contribution in [2.75, 3.05) is 5.75 Å². The molecular formula is C11H10N2O4S. The average molecular weight is 266 g/mol. The van der Waals surface area contributed by atoms with Crippen LogP contribution in [0.4, 0.5) is 0 Å². The fraction of sp³-hybridized carbons (Fsp3) is 0.273. The van der Waals surface area contributed by atoms with Crippen LogP contribution < -0.4 is 11.5 Å². The van der Waals surface area contributed by atoms with Gasteiger partial charge in [0, 0.05) is 22.6 Å². The third kappa shape index (κ3) is 1.55. The fourth-order valence-electron chi connectivity index (χ4n) is 2.07. The topological polar surface area (TPSA) is 109 Å². The Balaban J connectivity index is 2.21. The first-order valence-corrected chi connectivity index (χ1v) is 6.28. The standard InChI is InChI=1S/C11H10N2O4S/c12-11(9(14)15)3-5-7(18-4-11)2-1-6-8(5)17-10(16)13-6/h1-2H,3-4,12H2,(H,13,16)(H,14,15). The Kier molecular flexibility index (Phi) is 2.29. The van der Waals surface area contributed by atoms with E-state index in [0.29, 0.717) is 22.4 Å². The van der Waals surface area contributed by atoms with Crippen molar-refractivity contribution in [2.45, 2.75) is 16.9 Å². The summed E-state index contributed by atoms with van der Waals surface area (Å²) < 4.78 is 5.07. The van der Waals surface area contributed by atoms with E-state index in [1.165, 1.54) is 11.8 Å². The highest BCUT2D eigenvalue weighted by atomic mass is 32.2. The Labute approximate surface area is 105 Å². The molecule has 0 aliphatic carbocycles. The molecule has 4 N–H and O–H groups in total. The molecule has 1 unspecified atom stereocenters. The lowest BCUT2D eigenvalue weighted by molar-refractivity contribution is -0.142. The summed E-state index contributed by atoms with van der Waals surface area (Å²) in [6.07, 6.45) is 0.156. The monoisotopic (exact) mass is 266 g/mol. The second-order valence-corrected chi connectivity index (χ2v) is 5.38. The van der Waals surface area contributed by atoms with E-state index in [4.69, 9.17) is 15.3 Å². The third-order valence-electron chi connectivity index (χ3n) is 3.05. The van der Waals surface area contributed by atoms with Gasteiger partial charge in [0.25, 0.3) is 0 Å². The number of oxazole rings is 1. The van der Waals surface area contributed by atoms with E-state index in [-0.39, 0.29) is 6.42 Å². The molecule has 0 saturated carbocycles. The molecule has 1 aliphatic heterocycles. The van der Waals surface area contributed by atoms with Crippen LogP contribution in [0.5, 0.6) is 0 Å². The minimum absolute atomic E-state index is 0.156. The quantitative estimate of drug-likeness (QED) is 0.695. The molecule has 6 nitrogen and oxygen atoms in total. The van der Waals surface area contributed by atoms with Crippen LogP contribution in [0, 0.1) is 0 Å². The highest BCUT2D eigenvalue weighted by Crippen LogP contribution is 2.37. The summed E-state index contributed by atoms with van der Waals surface area (Å²) in [4.78, 5) is 25.8. The second-order valence-electron chi connectivity index (χ2n) is 4.36. The van der Waals surface area contributed by atoms with E-state index >= 15 is 0 Å². The van der Waals surface area contributed by atoms with Crippen LogP contribution in [-0.4, -0.2) is 27.4 Å². The molecular weight excluding hydrogens is 256 g/mol. The summed E-state index contributed by atoms with van der Waals surface area (Å²) in [5.74, 6) is -1.29. The number of benzene rings is 1. The largest absolute Gasteiger partial charge is 0.480 e. The summed E-state index contributed by atoms with van der Waals surface area (Å²) in [6.45, 7) is 0. The molecule has 0 saturated heterocycles. The highest BCUT2D eigenvalue weighted by molar-refractivity contribution is 7.99. The molecule has 0 fully saturated rings. The number of aromatic amines is 1. The van der Waals surface area contributed by atoms with Gasteiger partial charge >= 0.3 is 11.7 Å². The number of thioether (sulfide) groups is 1. The molecule has 18 heavy (non-hydrogen) atoms. The van der Waals surface area contributed by atoms with Crippen LogP contribution in [0.15, 0.2) is 26.2 Å². The highest BCUT2D eigenvalue weighted by Gasteiger charge is 2.39. The van der Waals surface area contributed by atoms with Crippen molar-refractivity contribution in [2.24, 2.45) is 5.73 Å². The Morgan fingerprint density at radius 2 is 2.33 bits per heavy atom. The van der Waals surface area contributed by atoms with Crippen LogP contribution in [0.25, 0.3) is 11.1 Å². The van der Waals surface area contributed by atoms with Crippen molar-refractivity contribution in [3.05, 3.63) is 28.2 Å². The molecule has 0 spiro atoms. The summed E-state index contributed by atoms with van der Waals surface area (Å²) in [6, 6.07) is 3.59. The van der Waals surface area contributed by atoms with Crippen molar-refractivity contribution in [1.82, 2.24) is 4.98 Å². The van der Waals surface area contributed by atoms with Crippen molar-refractivity contribution in [3.63, 3.8) is 0 Å². The van der Waals surface area contributed by atoms with E-state index in [9.17, 15) is 9.59 Å². The second kappa shape index (κ2) is 3.63. The number of hydrogen-bond donors (Lipinski definition) is 3. The van der Waals surface area contributed by atoms with E-state index < -0.39 is 17.3 Å². The van der Waals surface area contributed by atoms with Crippen molar-refractivity contribution in [3.8, 4) is 0 Å². The van der Waals surface area contributed by atoms with Crippen LogP contribution in [0.2, 0.25) is 0 Å². The lowest BCUT2D eigenvalue weighted by Gasteiger charge is -2.29. The zero-order valence-electron chi connectivity index (χ0n) is 9.23. The van der Waals surface area contributed by atoms with E-state index in [1.807, 2.05) is 6.07 Å². The maximum atomic E-state index is 11.2. The zero-order valence-corrected chi connectivity index (χ0v) is 10.0. The first-order chi connectivity index (χ1) is 8.49. The molecule has 7 heteroatoms. The van der Waals surface area contributed by atoms with Gasteiger partial charge in [-0.15, -0.1) is 11.8 Å². The number of aromatic nitrogens is 1. The molecule has 94 valence electrons. The summed E-state index contributed by atoms with van der Waals surface area (Å²) in [5.41, 5.74) is 6.20. The Morgan fingerprint density at radius 1 is 1.56 bits per heavy atom. The number of fused-ring (bicyclic) bond motifs is 3. The van der Waals surface area contributed by atoms with Gasteiger partial charge in [0.1, 0.15) is 5.54 Å². The molecule has 1 aromatic carbocycles. The van der Waals surface area contributed by atoms with Gasteiger partial charge in [-0.05, 0) is 12.1 Å². The minimum atomic E-state index is -1.32. The minimum Gasteiger partial charge on any atom is -0.480 e. The van der Waals surface area contributed by atoms with Gasteiger partial charge in [-0.2, -0.15) is 0 Å². The number of aliphatic carboxylic acids is 1. The smallest absolute Gasteiger partial charge is 0.417 e. The molecule has 1 atom stereocenters. The van der Waals surface area contributed by atoms with Crippen LogP contribution in [0.1, 0.15) is 5.56 Å². The summed E-state index contributed by atoms with van der Waals surface area (Å²) in [7, 11) is 0. The van der Waals surface area contributed by atoms with E-state index in [2.05, 4.69) is 4.98 Å². The molecule has 3 rings (SSSR count). The number of hydrogen-bond acceptors (Lipinski definition) is 5. The molecule has 0 bridgehead atoms. The van der Waals surface area contributed by atoms with Crippen molar-refractivity contribution >= 4 is 28.8 Å². The van der Waals surface area contributed by atoms with Crippen molar-refractivity contribution < 1.29 is 14.3 Å². The van der Waals surface area contributed by atoms with Gasteiger partial charge in [0.15, 0.2) is 5.58 Å². The molecule has 2 heterocycles. The van der Waals surface area contributed by atoms with Crippen LogP contribution >= 0.6 is 11.8 Å². The number of rotatable bonds is 1. The number of H-pyrrole nitrogens is 1. The molecule has 0 radical (unpaired) electrons. The van der Waals surface area contributed by atoms with Gasteiger partial charge < -0.3 is 15.3 Å². The third-order valence-corrected chi connectivity index (χ3v) is 4.41. The number of carbonyl (C=O) groups is 1. The maximum Gasteiger partial charge on any atom is 0.417 e. The first kappa shape index (κ1) is 11.4. The average Bonchev–Trinajstić information content (AvgIpc) is 2.70. The number of carboxylic acid groups (broad SMARTS) is 1. The van der Waals surface area contributed by atoms with Gasteiger partial charge in [-0.3, -0.25) is 9.78 Å². The van der Waals surface area contributed by atoms with Gasteiger partial charge in [-0.25, -0.2) is 4.79 Å². The first-order valence-electron chi connectivity index (χ1n) is 5.29. The SMILES string of the molecule is NC1(C(=O)O)CSc2ccc3[nH]c(=O)oc3c2C1. The lowest BCUT2D eigenvalue weighted by atomic mass is 9.93. The van der Waals surface area contributed by atoms with Gasteiger partial charge in [-0.1, -0.05) is 0 Å². The van der Waals surface area contributed by atoms with Gasteiger partial charge in [0.05, 0.1) is 5.52 Å². The number of carboxylic acids is 1. The normalized spacial score (nSPS) is 22.9. The fourth-order valence-corrected chi connectivity index (χ4v) is 3.21.